The molecule has 0 radical (unpaired) electrons. The number of pyridine rings is 2. The molecule has 1 unspecified atom stereocenters. The molecule has 0 spiro atoms. The van der Waals surface area contributed by atoms with Gasteiger partial charge < -0.3 is 4.90 Å². The molecule has 4 aromatic rings. The average molecular weight is 408 g/mol. The number of carbonyl (C=O) groups is 1. The Balaban J connectivity index is 1.37. The van der Waals surface area contributed by atoms with E-state index in [0.29, 0.717) is 5.56 Å². The van der Waals surface area contributed by atoms with Gasteiger partial charge in [0.25, 0.3) is 5.91 Å². The fraction of sp³-hybridized carbons (Fsp3) is 0.222. The zero-order valence-electron chi connectivity index (χ0n) is 17.7. The van der Waals surface area contributed by atoms with E-state index in [1.54, 1.807) is 6.20 Å². The van der Waals surface area contributed by atoms with Crippen LogP contribution in [0.15, 0.2) is 79.1 Å². The van der Waals surface area contributed by atoms with Crippen LogP contribution in [0.3, 0.4) is 0 Å². The number of aromatic nitrogens is 2. The van der Waals surface area contributed by atoms with E-state index in [2.05, 4.69) is 48.3 Å². The molecule has 1 saturated heterocycles. The van der Waals surface area contributed by atoms with Crippen LogP contribution in [0, 0.1) is 6.92 Å². The highest BCUT2D eigenvalue weighted by molar-refractivity contribution is 6.06. The highest BCUT2D eigenvalue weighted by atomic mass is 16.2. The quantitative estimate of drug-likeness (QED) is 0.448. The molecule has 0 bridgehead atoms. The fourth-order valence-electron chi connectivity index (χ4n) is 4.44. The molecule has 2 aromatic heterocycles. The fourth-order valence-corrected chi connectivity index (χ4v) is 4.44. The van der Waals surface area contributed by atoms with Crippen LogP contribution in [0.25, 0.3) is 10.9 Å². The van der Waals surface area contributed by atoms with Gasteiger partial charge in [-0.25, -0.2) is 0 Å². The van der Waals surface area contributed by atoms with Crippen LogP contribution in [0.5, 0.6) is 0 Å². The molecular weight excluding hydrogens is 382 g/mol. The molecule has 4 nitrogen and oxygen atoms in total. The second-order valence-corrected chi connectivity index (χ2v) is 8.29. The molecule has 1 fully saturated rings. The number of likely N-dealkylation sites (tertiary alicyclic amines) is 1. The Morgan fingerprint density at radius 2 is 1.81 bits per heavy atom. The number of aryl methyl sites for hydroxylation is 1. The number of benzene rings is 2. The maximum atomic E-state index is 13.5. The van der Waals surface area contributed by atoms with E-state index >= 15 is 0 Å². The van der Waals surface area contributed by atoms with Crippen LogP contribution < -0.4 is 0 Å². The van der Waals surface area contributed by atoms with Gasteiger partial charge in [-0.05, 0) is 61.6 Å². The topological polar surface area (TPSA) is 46.1 Å². The molecule has 4 heteroatoms. The van der Waals surface area contributed by atoms with Gasteiger partial charge in [-0.3, -0.25) is 14.8 Å². The molecule has 1 aliphatic heterocycles. The Kier molecular flexibility index (Phi) is 5.21. The number of amides is 1. The van der Waals surface area contributed by atoms with Crippen LogP contribution in [-0.2, 0) is 6.42 Å². The Morgan fingerprint density at radius 1 is 0.968 bits per heavy atom. The predicted octanol–water partition coefficient (Wildman–Crippen LogP) is 5.51. The van der Waals surface area contributed by atoms with Crippen molar-refractivity contribution in [1.29, 1.82) is 0 Å². The molecule has 0 saturated carbocycles. The van der Waals surface area contributed by atoms with E-state index < -0.39 is 0 Å². The Labute approximate surface area is 182 Å². The van der Waals surface area contributed by atoms with E-state index in [4.69, 9.17) is 4.98 Å². The summed E-state index contributed by atoms with van der Waals surface area (Å²) in [6.45, 7) is 2.86. The molecule has 1 amide bonds. The van der Waals surface area contributed by atoms with Crippen molar-refractivity contribution < 1.29 is 4.79 Å². The number of rotatable bonds is 4. The average Bonchev–Trinajstić information content (AvgIpc) is 3.30. The maximum absolute atomic E-state index is 13.5. The lowest BCUT2D eigenvalue weighted by Gasteiger charge is -2.25. The zero-order valence-corrected chi connectivity index (χ0v) is 17.7. The van der Waals surface area contributed by atoms with Gasteiger partial charge in [-0.1, -0.05) is 48.0 Å². The SMILES string of the molecule is Cc1ccc(Cc2ccc(C3CCCN3C(=O)c3cccc4ncccc34)nc2)cc1. The van der Waals surface area contributed by atoms with Crippen LogP contribution in [0.2, 0.25) is 0 Å². The first-order valence-electron chi connectivity index (χ1n) is 10.8. The summed E-state index contributed by atoms with van der Waals surface area (Å²) in [4.78, 5) is 24.6. The largest absolute Gasteiger partial charge is 0.330 e. The van der Waals surface area contributed by atoms with E-state index in [1.165, 1.54) is 16.7 Å². The Morgan fingerprint density at radius 3 is 2.61 bits per heavy atom. The van der Waals surface area contributed by atoms with Crippen molar-refractivity contribution in [3.8, 4) is 0 Å². The lowest BCUT2D eigenvalue weighted by Crippen LogP contribution is -2.31. The van der Waals surface area contributed by atoms with E-state index in [-0.39, 0.29) is 11.9 Å². The highest BCUT2D eigenvalue weighted by Gasteiger charge is 2.32. The van der Waals surface area contributed by atoms with Crippen molar-refractivity contribution >= 4 is 16.8 Å². The number of fused-ring (bicyclic) bond motifs is 1. The summed E-state index contributed by atoms with van der Waals surface area (Å²) >= 11 is 0. The molecular formula is C27H25N3O. The summed E-state index contributed by atoms with van der Waals surface area (Å²) in [5.41, 5.74) is 6.27. The summed E-state index contributed by atoms with van der Waals surface area (Å²) in [7, 11) is 0. The molecule has 1 aliphatic rings. The van der Waals surface area contributed by atoms with Crippen molar-refractivity contribution in [1.82, 2.24) is 14.9 Å². The molecule has 0 aliphatic carbocycles. The summed E-state index contributed by atoms with van der Waals surface area (Å²) in [6.07, 6.45) is 6.52. The van der Waals surface area contributed by atoms with Gasteiger partial charge in [-0.2, -0.15) is 0 Å². The van der Waals surface area contributed by atoms with Crippen LogP contribution in [-0.4, -0.2) is 27.3 Å². The van der Waals surface area contributed by atoms with Crippen LogP contribution in [0.1, 0.15) is 51.6 Å². The first-order chi connectivity index (χ1) is 15.2. The van der Waals surface area contributed by atoms with Crippen LogP contribution in [0.4, 0.5) is 0 Å². The molecule has 1 atom stereocenters. The lowest BCUT2D eigenvalue weighted by molar-refractivity contribution is 0.0735. The number of hydrogen-bond donors (Lipinski definition) is 0. The zero-order chi connectivity index (χ0) is 21.2. The van der Waals surface area contributed by atoms with Gasteiger partial charge in [0.1, 0.15) is 0 Å². The minimum absolute atomic E-state index is 0.0212. The second kappa shape index (κ2) is 8.31. The van der Waals surface area contributed by atoms with Gasteiger partial charge in [0.15, 0.2) is 0 Å². The molecule has 31 heavy (non-hydrogen) atoms. The molecule has 2 aromatic carbocycles. The van der Waals surface area contributed by atoms with Crippen molar-refractivity contribution in [3.05, 3.63) is 107 Å². The normalized spacial score (nSPS) is 16.0. The second-order valence-electron chi connectivity index (χ2n) is 8.29. The third-order valence-corrected chi connectivity index (χ3v) is 6.11. The number of nitrogens with zero attached hydrogens (tertiary/aromatic N) is 3. The summed E-state index contributed by atoms with van der Waals surface area (Å²) < 4.78 is 0. The Hall–Kier alpha value is -3.53. The summed E-state index contributed by atoms with van der Waals surface area (Å²) in [5, 5.41) is 0.905. The van der Waals surface area contributed by atoms with Gasteiger partial charge in [-0.15, -0.1) is 0 Å². The lowest BCUT2D eigenvalue weighted by atomic mass is 10.0. The first kappa shape index (κ1) is 19.4. The monoisotopic (exact) mass is 407 g/mol. The minimum Gasteiger partial charge on any atom is -0.330 e. The van der Waals surface area contributed by atoms with Gasteiger partial charge in [0, 0.05) is 29.9 Å². The van der Waals surface area contributed by atoms with Crippen molar-refractivity contribution in [3.63, 3.8) is 0 Å². The number of carbonyl (C=O) groups excluding carboxylic acids is 1. The van der Waals surface area contributed by atoms with Gasteiger partial charge in [0.05, 0.1) is 17.3 Å². The molecule has 0 N–H and O–H groups in total. The van der Waals surface area contributed by atoms with Crippen molar-refractivity contribution in [2.75, 3.05) is 6.54 Å². The first-order valence-corrected chi connectivity index (χ1v) is 10.8. The smallest absolute Gasteiger partial charge is 0.255 e. The maximum Gasteiger partial charge on any atom is 0.255 e. The van der Waals surface area contributed by atoms with E-state index in [1.807, 2.05) is 41.4 Å². The Bertz CT molecular complexity index is 1210. The standard InChI is InChI=1S/C27H25N3O/c1-19-9-11-20(12-10-19)17-21-13-14-25(29-18-21)26-8-4-16-30(26)27(31)23-5-2-7-24-22(23)6-3-15-28-24/h2-3,5-7,9-15,18,26H,4,8,16-17H2,1H3. The van der Waals surface area contributed by atoms with Gasteiger partial charge in [0.2, 0.25) is 0 Å². The predicted molar refractivity (Wildman–Crippen MR) is 123 cm³/mol. The third kappa shape index (κ3) is 3.93. The number of hydrogen-bond acceptors (Lipinski definition) is 3. The highest BCUT2D eigenvalue weighted by Crippen LogP contribution is 2.33. The summed E-state index contributed by atoms with van der Waals surface area (Å²) in [6, 6.07) is 22.5. The molecule has 154 valence electrons. The van der Waals surface area contributed by atoms with Crippen molar-refractivity contribution in [2.24, 2.45) is 0 Å². The van der Waals surface area contributed by atoms with Gasteiger partial charge >= 0.3 is 0 Å². The molecule has 5 rings (SSSR count). The third-order valence-electron chi connectivity index (χ3n) is 6.11. The van der Waals surface area contributed by atoms with Crippen molar-refractivity contribution in [2.45, 2.75) is 32.2 Å². The minimum atomic E-state index is 0.0212. The van der Waals surface area contributed by atoms with E-state index in [9.17, 15) is 4.79 Å². The van der Waals surface area contributed by atoms with Crippen LogP contribution >= 0.6 is 0 Å². The van der Waals surface area contributed by atoms with E-state index in [0.717, 1.165) is 42.4 Å². The molecule has 3 heterocycles. The summed E-state index contributed by atoms with van der Waals surface area (Å²) in [5.74, 6) is 0.0617.